The number of benzene rings is 2. The summed E-state index contributed by atoms with van der Waals surface area (Å²) in [5, 5.41) is 5.59. The fraction of sp³-hybridized carbons (Fsp3) is 0.174. The maximum Gasteiger partial charge on any atom is 0.291 e. The molecule has 0 saturated carbocycles. The summed E-state index contributed by atoms with van der Waals surface area (Å²) in [7, 11) is 0. The zero-order chi connectivity index (χ0) is 21.8. The van der Waals surface area contributed by atoms with Crippen LogP contribution >= 0.6 is 0 Å². The van der Waals surface area contributed by atoms with Gasteiger partial charge in [-0.25, -0.2) is 0 Å². The Balaban J connectivity index is 1.50. The van der Waals surface area contributed by atoms with Crippen LogP contribution in [0.2, 0.25) is 0 Å². The molecule has 0 radical (unpaired) electrons. The zero-order valence-electron chi connectivity index (χ0n) is 16.8. The molecule has 1 aliphatic rings. The Morgan fingerprint density at radius 3 is 2.23 bits per heavy atom. The van der Waals surface area contributed by atoms with Gasteiger partial charge in [-0.3, -0.25) is 14.4 Å². The van der Waals surface area contributed by atoms with E-state index in [-0.39, 0.29) is 17.6 Å². The van der Waals surface area contributed by atoms with Gasteiger partial charge in [-0.2, -0.15) is 0 Å². The molecule has 2 heterocycles. The molecule has 3 aromatic rings. The fourth-order valence-corrected chi connectivity index (χ4v) is 3.52. The Hall–Kier alpha value is -4.07. The summed E-state index contributed by atoms with van der Waals surface area (Å²) in [6.07, 6.45) is 3.58. The van der Waals surface area contributed by atoms with E-state index in [4.69, 9.17) is 10.2 Å². The van der Waals surface area contributed by atoms with E-state index in [1.165, 1.54) is 6.26 Å². The number of anilines is 3. The van der Waals surface area contributed by atoms with Crippen molar-refractivity contribution in [3.63, 3.8) is 0 Å². The summed E-state index contributed by atoms with van der Waals surface area (Å²) >= 11 is 0. The Bertz CT molecular complexity index is 1100. The molecule has 8 heteroatoms. The molecule has 0 unspecified atom stereocenters. The van der Waals surface area contributed by atoms with Gasteiger partial charge in [0.25, 0.3) is 11.8 Å². The maximum absolute atomic E-state index is 12.8. The van der Waals surface area contributed by atoms with Crippen molar-refractivity contribution in [3.05, 3.63) is 77.7 Å². The van der Waals surface area contributed by atoms with E-state index in [0.29, 0.717) is 22.5 Å². The fourth-order valence-electron chi connectivity index (χ4n) is 3.52. The zero-order valence-corrected chi connectivity index (χ0v) is 16.8. The molecule has 1 fully saturated rings. The van der Waals surface area contributed by atoms with E-state index in [1.807, 2.05) is 6.07 Å². The van der Waals surface area contributed by atoms with Gasteiger partial charge in [-0.05, 0) is 67.4 Å². The van der Waals surface area contributed by atoms with Gasteiger partial charge in [0.05, 0.1) is 17.6 Å². The third-order valence-corrected chi connectivity index (χ3v) is 5.13. The highest BCUT2D eigenvalue weighted by Crippen LogP contribution is 2.30. The molecule has 158 valence electrons. The molecule has 1 saturated heterocycles. The summed E-state index contributed by atoms with van der Waals surface area (Å²) in [6.45, 7) is 1.78. The molecular weight excluding hydrogens is 396 g/mol. The van der Waals surface area contributed by atoms with Crippen molar-refractivity contribution in [2.24, 2.45) is 5.73 Å². The van der Waals surface area contributed by atoms with Crippen molar-refractivity contribution < 1.29 is 18.8 Å². The maximum atomic E-state index is 12.8. The quantitative estimate of drug-likeness (QED) is 0.566. The number of nitrogens with two attached hydrogens (primary N) is 1. The minimum Gasteiger partial charge on any atom is -0.459 e. The van der Waals surface area contributed by atoms with Crippen molar-refractivity contribution in [2.45, 2.75) is 12.8 Å². The lowest BCUT2D eigenvalue weighted by atomic mass is 10.1. The third-order valence-electron chi connectivity index (χ3n) is 5.13. The van der Waals surface area contributed by atoms with E-state index in [1.54, 1.807) is 48.5 Å². The third kappa shape index (κ3) is 4.58. The molecule has 1 aliphatic heterocycles. The van der Waals surface area contributed by atoms with Crippen molar-refractivity contribution in [3.8, 4) is 0 Å². The predicted octanol–water partition coefficient (Wildman–Crippen LogP) is 3.48. The van der Waals surface area contributed by atoms with E-state index in [9.17, 15) is 14.4 Å². The molecule has 8 nitrogen and oxygen atoms in total. The van der Waals surface area contributed by atoms with Crippen molar-refractivity contribution in [1.82, 2.24) is 0 Å². The van der Waals surface area contributed by atoms with Crippen LogP contribution in [0.25, 0.3) is 0 Å². The Morgan fingerprint density at radius 1 is 0.871 bits per heavy atom. The number of nitrogens with zero attached hydrogens (tertiary/aromatic N) is 1. The van der Waals surface area contributed by atoms with E-state index >= 15 is 0 Å². The normalized spacial score (nSPS) is 13.1. The summed E-state index contributed by atoms with van der Waals surface area (Å²) in [4.78, 5) is 38.7. The number of hydrogen-bond donors (Lipinski definition) is 3. The van der Waals surface area contributed by atoms with Crippen LogP contribution in [0.1, 0.15) is 44.1 Å². The van der Waals surface area contributed by atoms with Crippen molar-refractivity contribution in [1.29, 1.82) is 0 Å². The van der Waals surface area contributed by atoms with E-state index < -0.39 is 5.91 Å². The first-order valence-corrected chi connectivity index (χ1v) is 9.96. The number of furan rings is 1. The van der Waals surface area contributed by atoms with Crippen molar-refractivity contribution >= 4 is 34.8 Å². The van der Waals surface area contributed by atoms with Gasteiger partial charge in [0.2, 0.25) is 5.91 Å². The highest BCUT2D eigenvalue weighted by atomic mass is 16.3. The van der Waals surface area contributed by atoms with E-state index in [0.717, 1.165) is 31.6 Å². The number of primary amides is 1. The molecule has 0 atom stereocenters. The molecule has 1 aromatic heterocycles. The van der Waals surface area contributed by atoms with Crippen LogP contribution in [-0.2, 0) is 0 Å². The molecule has 4 rings (SSSR count). The Kier molecular flexibility index (Phi) is 5.70. The lowest BCUT2D eigenvalue weighted by molar-refractivity contribution is 0.0990. The van der Waals surface area contributed by atoms with Gasteiger partial charge in [-0.15, -0.1) is 0 Å². The molecule has 0 bridgehead atoms. The second-order valence-electron chi connectivity index (χ2n) is 7.25. The lowest BCUT2D eigenvalue weighted by Gasteiger charge is -2.22. The van der Waals surface area contributed by atoms with Gasteiger partial charge < -0.3 is 25.7 Å². The van der Waals surface area contributed by atoms with Crippen LogP contribution in [0.4, 0.5) is 17.1 Å². The summed E-state index contributed by atoms with van der Waals surface area (Å²) in [5.41, 5.74) is 8.08. The van der Waals surface area contributed by atoms with Crippen LogP contribution in [0.5, 0.6) is 0 Å². The number of nitrogens with one attached hydrogen (secondary N) is 2. The first-order chi connectivity index (χ1) is 15.0. The average Bonchev–Trinajstić information content (AvgIpc) is 3.48. The molecule has 4 N–H and O–H groups in total. The van der Waals surface area contributed by atoms with Gasteiger partial charge in [0, 0.05) is 29.9 Å². The standard InChI is InChI=1S/C23H22N4O4/c24-21(28)16-7-10-19(27-11-1-2-12-27)18(14-16)26-22(29)15-5-8-17(9-6-15)25-23(30)20-4-3-13-31-20/h3-10,13-14H,1-2,11-12H2,(H2,24,28)(H,25,30)(H,26,29). The number of hydrogen-bond acceptors (Lipinski definition) is 5. The van der Waals surface area contributed by atoms with Crippen LogP contribution in [0, 0.1) is 0 Å². The number of amides is 3. The van der Waals surface area contributed by atoms with Crippen LogP contribution in [-0.4, -0.2) is 30.8 Å². The van der Waals surface area contributed by atoms with Crippen molar-refractivity contribution in [2.75, 3.05) is 28.6 Å². The minimum atomic E-state index is -0.555. The highest BCUT2D eigenvalue weighted by Gasteiger charge is 2.19. The van der Waals surface area contributed by atoms with Crippen LogP contribution in [0.3, 0.4) is 0 Å². The number of carbonyl (C=O) groups is 3. The molecule has 0 spiro atoms. The molecule has 2 aromatic carbocycles. The first kappa shape index (κ1) is 20.2. The van der Waals surface area contributed by atoms with Crippen LogP contribution in [0.15, 0.2) is 65.3 Å². The topological polar surface area (TPSA) is 118 Å². The van der Waals surface area contributed by atoms with Crippen LogP contribution < -0.4 is 21.3 Å². The van der Waals surface area contributed by atoms with Gasteiger partial charge in [-0.1, -0.05) is 0 Å². The Morgan fingerprint density at radius 2 is 1.58 bits per heavy atom. The van der Waals surface area contributed by atoms with Gasteiger partial charge in [0.15, 0.2) is 5.76 Å². The first-order valence-electron chi connectivity index (χ1n) is 9.96. The lowest BCUT2D eigenvalue weighted by Crippen LogP contribution is -2.22. The number of carbonyl (C=O) groups excluding carboxylic acids is 3. The Labute approximate surface area is 179 Å². The second kappa shape index (κ2) is 8.74. The molecule has 0 aliphatic carbocycles. The molecule has 31 heavy (non-hydrogen) atoms. The predicted molar refractivity (Wildman–Crippen MR) is 117 cm³/mol. The molecular formula is C23H22N4O4. The second-order valence-corrected chi connectivity index (χ2v) is 7.25. The summed E-state index contributed by atoms with van der Waals surface area (Å²) < 4.78 is 5.06. The van der Waals surface area contributed by atoms with Gasteiger partial charge in [0.1, 0.15) is 0 Å². The summed E-state index contributed by atoms with van der Waals surface area (Å²) in [6, 6.07) is 14.8. The smallest absolute Gasteiger partial charge is 0.291 e. The largest absolute Gasteiger partial charge is 0.459 e. The SMILES string of the molecule is NC(=O)c1ccc(N2CCCC2)c(NC(=O)c2ccc(NC(=O)c3ccco3)cc2)c1. The summed E-state index contributed by atoms with van der Waals surface area (Å²) in [5.74, 6) is -1.06. The van der Waals surface area contributed by atoms with Gasteiger partial charge >= 0.3 is 0 Å². The highest BCUT2D eigenvalue weighted by molar-refractivity contribution is 6.07. The number of rotatable bonds is 6. The van der Waals surface area contributed by atoms with E-state index in [2.05, 4.69) is 15.5 Å². The minimum absolute atomic E-state index is 0.200. The molecule has 3 amide bonds. The monoisotopic (exact) mass is 418 g/mol. The average molecular weight is 418 g/mol.